The second kappa shape index (κ2) is 5.11. The molecule has 2 heterocycles. The van der Waals surface area contributed by atoms with E-state index in [1.54, 1.807) is 4.68 Å². The number of anilines is 1. The topological polar surface area (TPSA) is 64.2 Å². The van der Waals surface area contributed by atoms with Gasteiger partial charge in [-0.2, -0.15) is 5.10 Å². The zero-order valence-corrected chi connectivity index (χ0v) is 13.2. The highest BCUT2D eigenvalue weighted by Gasteiger charge is 2.33. The van der Waals surface area contributed by atoms with Crippen molar-refractivity contribution in [2.45, 2.75) is 47.6 Å². The SMILES string of the molecule is Cc1nn(CC(=O)N2CCC(C(C)(C)C)C2)c(C)c1N. The quantitative estimate of drug-likeness (QED) is 0.899. The first-order valence-corrected chi connectivity index (χ1v) is 7.27. The van der Waals surface area contributed by atoms with Crippen LogP contribution >= 0.6 is 0 Å². The molecule has 0 aromatic carbocycles. The first kappa shape index (κ1) is 14.9. The molecule has 1 unspecified atom stereocenters. The largest absolute Gasteiger partial charge is 0.396 e. The van der Waals surface area contributed by atoms with Crippen molar-refractivity contribution in [3.63, 3.8) is 0 Å². The van der Waals surface area contributed by atoms with Gasteiger partial charge < -0.3 is 10.6 Å². The van der Waals surface area contributed by atoms with Gasteiger partial charge in [-0.25, -0.2) is 0 Å². The average molecular weight is 278 g/mol. The molecule has 1 aromatic rings. The van der Waals surface area contributed by atoms with Gasteiger partial charge in [-0.1, -0.05) is 20.8 Å². The summed E-state index contributed by atoms with van der Waals surface area (Å²) in [6.45, 7) is 12.5. The van der Waals surface area contributed by atoms with Crippen LogP contribution in [-0.4, -0.2) is 33.7 Å². The summed E-state index contributed by atoms with van der Waals surface area (Å²) in [7, 11) is 0. The minimum Gasteiger partial charge on any atom is -0.396 e. The second-order valence-electron chi connectivity index (χ2n) is 6.93. The monoisotopic (exact) mass is 278 g/mol. The lowest BCUT2D eigenvalue weighted by Gasteiger charge is -2.27. The molecular formula is C15H26N4O. The lowest BCUT2D eigenvalue weighted by Crippen LogP contribution is -2.34. The Hall–Kier alpha value is -1.52. The zero-order chi connectivity index (χ0) is 15.1. The third-order valence-electron chi connectivity index (χ3n) is 4.49. The number of aromatic nitrogens is 2. The fourth-order valence-electron chi connectivity index (χ4n) is 2.79. The van der Waals surface area contributed by atoms with E-state index in [9.17, 15) is 4.79 Å². The lowest BCUT2D eigenvalue weighted by molar-refractivity contribution is -0.131. The van der Waals surface area contributed by atoms with Crippen LogP contribution in [0.4, 0.5) is 5.69 Å². The summed E-state index contributed by atoms with van der Waals surface area (Å²) in [6, 6.07) is 0. The molecule has 1 aliphatic heterocycles. The molecule has 0 bridgehead atoms. The Morgan fingerprint density at radius 1 is 1.40 bits per heavy atom. The number of hydrogen-bond acceptors (Lipinski definition) is 3. The number of hydrogen-bond donors (Lipinski definition) is 1. The maximum absolute atomic E-state index is 12.4. The van der Waals surface area contributed by atoms with Crippen LogP contribution in [0.3, 0.4) is 0 Å². The van der Waals surface area contributed by atoms with Crippen molar-refractivity contribution in [1.29, 1.82) is 0 Å². The molecule has 0 spiro atoms. The highest BCUT2D eigenvalue weighted by atomic mass is 16.2. The first-order chi connectivity index (χ1) is 9.20. The van der Waals surface area contributed by atoms with Crippen molar-refractivity contribution >= 4 is 11.6 Å². The number of likely N-dealkylation sites (tertiary alicyclic amines) is 1. The van der Waals surface area contributed by atoms with Gasteiger partial charge in [0, 0.05) is 13.1 Å². The highest BCUT2D eigenvalue weighted by Crippen LogP contribution is 2.33. The second-order valence-corrected chi connectivity index (χ2v) is 6.93. The molecule has 0 saturated carbocycles. The Morgan fingerprint density at radius 2 is 2.05 bits per heavy atom. The molecule has 1 fully saturated rings. The summed E-state index contributed by atoms with van der Waals surface area (Å²) in [5.74, 6) is 0.722. The molecule has 112 valence electrons. The van der Waals surface area contributed by atoms with Crippen molar-refractivity contribution in [2.75, 3.05) is 18.8 Å². The number of carbonyl (C=O) groups is 1. The summed E-state index contributed by atoms with van der Waals surface area (Å²) in [6.07, 6.45) is 1.09. The predicted molar refractivity (Wildman–Crippen MR) is 80.3 cm³/mol. The van der Waals surface area contributed by atoms with Crippen molar-refractivity contribution in [1.82, 2.24) is 14.7 Å². The molecule has 1 atom stereocenters. The number of nitrogen functional groups attached to an aromatic ring is 1. The Balaban J connectivity index is 2.01. The van der Waals surface area contributed by atoms with Crippen molar-refractivity contribution in [3.05, 3.63) is 11.4 Å². The minimum absolute atomic E-state index is 0.141. The maximum atomic E-state index is 12.4. The molecule has 2 N–H and O–H groups in total. The molecule has 0 aliphatic carbocycles. The Kier molecular flexibility index (Phi) is 3.80. The molecular weight excluding hydrogens is 252 g/mol. The molecule has 2 rings (SSSR count). The lowest BCUT2D eigenvalue weighted by atomic mass is 9.80. The zero-order valence-electron chi connectivity index (χ0n) is 13.2. The molecule has 1 aliphatic rings. The summed E-state index contributed by atoms with van der Waals surface area (Å²) in [5, 5.41) is 4.33. The van der Waals surface area contributed by atoms with Gasteiger partial charge in [-0.3, -0.25) is 9.48 Å². The molecule has 1 saturated heterocycles. The van der Waals surface area contributed by atoms with Crippen LogP contribution in [0.5, 0.6) is 0 Å². The number of nitrogens with zero attached hydrogens (tertiary/aromatic N) is 3. The van der Waals surface area contributed by atoms with Crippen LogP contribution in [0.15, 0.2) is 0 Å². The molecule has 20 heavy (non-hydrogen) atoms. The normalized spacial score (nSPS) is 19.6. The molecule has 5 nitrogen and oxygen atoms in total. The Labute approximate surface area is 121 Å². The third-order valence-corrected chi connectivity index (χ3v) is 4.49. The summed E-state index contributed by atoms with van der Waals surface area (Å²) in [4.78, 5) is 14.3. The molecule has 1 aromatic heterocycles. The van der Waals surface area contributed by atoms with Gasteiger partial charge in [0.1, 0.15) is 6.54 Å². The van der Waals surface area contributed by atoms with E-state index in [2.05, 4.69) is 25.9 Å². The molecule has 0 radical (unpaired) electrons. The number of amides is 1. The fourth-order valence-corrected chi connectivity index (χ4v) is 2.79. The number of carbonyl (C=O) groups excluding carboxylic acids is 1. The third kappa shape index (κ3) is 2.81. The average Bonchev–Trinajstić information content (AvgIpc) is 2.92. The van der Waals surface area contributed by atoms with E-state index < -0.39 is 0 Å². The smallest absolute Gasteiger partial charge is 0.244 e. The minimum atomic E-state index is 0.141. The summed E-state index contributed by atoms with van der Waals surface area (Å²) >= 11 is 0. The van der Waals surface area contributed by atoms with Gasteiger partial charge in [0.2, 0.25) is 5.91 Å². The molecule has 5 heteroatoms. The van der Waals surface area contributed by atoms with Gasteiger partial charge in [0.15, 0.2) is 0 Å². The van der Waals surface area contributed by atoms with Crippen molar-refractivity contribution in [3.8, 4) is 0 Å². The van der Waals surface area contributed by atoms with E-state index in [0.29, 0.717) is 18.2 Å². The van der Waals surface area contributed by atoms with Crippen LogP contribution in [0.2, 0.25) is 0 Å². The number of aryl methyl sites for hydroxylation is 1. The summed E-state index contributed by atoms with van der Waals surface area (Å²) in [5.41, 5.74) is 8.52. The van der Waals surface area contributed by atoms with Gasteiger partial charge >= 0.3 is 0 Å². The van der Waals surface area contributed by atoms with Crippen LogP contribution < -0.4 is 5.73 Å². The van der Waals surface area contributed by atoms with E-state index in [1.807, 2.05) is 18.7 Å². The van der Waals surface area contributed by atoms with Crippen LogP contribution in [-0.2, 0) is 11.3 Å². The van der Waals surface area contributed by atoms with E-state index in [0.717, 1.165) is 30.9 Å². The van der Waals surface area contributed by atoms with E-state index in [1.165, 1.54) is 0 Å². The van der Waals surface area contributed by atoms with E-state index >= 15 is 0 Å². The van der Waals surface area contributed by atoms with Gasteiger partial charge in [-0.05, 0) is 31.6 Å². The van der Waals surface area contributed by atoms with Crippen LogP contribution in [0, 0.1) is 25.2 Å². The Morgan fingerprint density at radius 3 is 2.50 bits per heavy atom. The molecule has 1 amide bonds. The fraction of sp³-hybridized carbons (Fsp3) is 0.733. The standard InChI is InChI=1S/C15H26N4O/c1-10-14(16)11(2)19(17-10)9-13(20)18-7-6-12(8-18)15(3,4)5/h12H,6-9,16H2,1-5H3. The van der Waals surface area contributed by atoms with Crippen LogP contribution in [0.25, 0.3) is 0 Å². The predicted octanol–water partition coefficient (Wildman–Crippen LogP) is 1.98. The summed E-state index contributed by atoms with van der Waals surface area (Å²) < 4.78 is 1.72. The van der Waals surface area contributed by atoms with Crippen molar-refractivity contribution < 1.29 is 4.79 Å². The number of nitrogens with two attached hydrogens (primary N) is 1. The van der Waals surface area contributed by atoms with E-state index in [4.69, 9.17) is 5.73 Å². The van der Waals surface area contributed by atoms with Gasteiger partial charge in [0.05, 0.1) is 17.1 Å². The number of rotatable bonds is 2. The Bertz CT molecular complexity index is 513. The van der Waals surface area contributed by atoms with E-state index in [-0.39, 0.29) is 11.3 Å². The maximum Gasteiger partial charge on any atom is 0.244 e. The van der Waals surface area contributed by atoms with Crippen molar-refractivity contribution in [2.24, 2.45) is 11.3 Å². The first-order valence-electron chi connectivity index (χ1n) is 7.27. The highest BCUT2D eigenvalue weighted by molar-refractivity contribution is 5.76. The van der Waals surface area contributed by atoms with Gasteiger partial charge in [0.25, 0.3) is 0 Å². The van der Waals surface area contributed by atoms with Crippen LogP contribution in [0.1, 0.15) is 38.6 Å². The van der Waals surface area contributed by atoms with Gasteiger partial charge in [-0.15, -0.1) is 0 Å².